The molecule has 1 heterocycles. The number of hydrogen-bond acceptors (Lipinski definition) is 6. The van der Waals surface area contributed by atoms with Crippen LogP contribution >= 0.6 is 11.3 Å². The Hall–Kier alpha value is -2.90. The first-order valence-electron chi connectivity index (χ1n) is 10.4. The van der Waals surface area contributed by atoms with Crippen molar-refractivity contribution >= 4 is 22.9 Å². The van der Waals surface area contributed by atoms with Gasteiger partial charge in [-0.2, -0.15) is 0 Å². The molecule has 3 aromatic rings. The summed E-state index contributed by atoms with van der Waals surface area (Å²) in [5.74, 6) is 1.38. The van der Waals surface area contributed by atoms with Gasteiger partial charge in [0.05, 0.1) is 26.0 Å². The third-order valence-electron chi connectivity index (χ3n) is 4.78. The van der Waals surface area contributed by atoms with Gasteiger partial charge in [0.15, 0.2) is 11.5 Å². The number of carbonyl (C=O) groups excluding carboxylic acids is 1. The molecule has 3 rings (SSSR count). The summed E-state index contributed by atoms with van der Waals surface area (Å²) in [6.45, 7) is 5.49. The lowest BCUT2D eigenvalue weighted by atomic mass is 10.1. The van der Waals surface area contributed by atoms with Crippen molar-refractivity contribution < 1.29 is 14.3 Å². The normalized spacial score (nSPS) is 10.9. The van der Waals surface area contributed by atoms with E-state index in [1.165, 1.54) is 0 Å². The smallest absolute Gasteiger partial charge is 0.238 e. The summed E-state index contributed by atoms with van der Waals surface area (Å²) in [4.78, 5) is 19.2. The van der Waals surface area contributed by atoms with E-state index < -0.39 is 0 Å². The minimum atomic E-state index is -0.0323. The molecule has 0 saturated carbocycles. The number of hydrogen-bond donors (Lipinski definition) is 1. The summed E-state index contributed by atoms with van der Waals surface area (Å²) < 4.78 is 11.0. The van der Waals surface area contributed by atoms with Crippen molar-refractivity contribution in [2.24, 2.45) is 0 Å². The van der Waals surface area contributed by atoms with Gasteiger partial charge < -0.3 is 14.8 Å². The van der Waals surface area contributed by atoms with E-state index in [9.17, 15) is 4.79 Å². The number of para-hydroxylation sites is 1. The summed E-state index contributed by atoms with van der Waals surface area (Å²) in [5.41, 5.74) is 3.92. The van der Waals surface area contributed by atoms with Crippen LogP contribution in [0.1, 0.15) is 25.1 Å². The molecule has 0 fully saturated rings. The molecule has 0 radical (unpaired) electrons. The van der Waals surface area contributed by atoms with E-state index in [1.807, 2.05) is 66.7 Å². The van der Waals surface area contributed by atoms with Gasteiger partial charge in [-0.3, -0.25) is 9.69 Å². The molecule has 0 aliphatic heterocycles. The van der Waals surface area contributed by atoms with Gasteiger partial charge in [0.25, 0.3) is 0 Å². The maximum Gasteiger partial charge on any atom is 0.238 e. The molecule has 0 aliphatic rings. The standard InChI is InChI=1S/C24H29N3O3S/c1-5-17-9-7-8-10-20(17)26-23(28)15-27(3)14-19-16-31-24(25-19)18-11-12-21(30-6-2)22(13-18)29-4/h7-13,16H,5-6,14-15H2,1-4H3,(H,26,28). The zero-order chi connectivity index (χ0) is 22.2. The average Bonchev–Trinajstić information content (AvgIpc) is 3.22. The van der Waals surface area contributed by atoms with Crippen molar-refractivity contribution in [2.75, 3.05) is 32.6 Å². The number of aromatic nitrogens is 1. The molecule has 7 heteroatoms. The van der Waals surface area contributed by atoms with Crippen molar-refractivity contribution in [3.63, 3.8) is 0 Å². The van der Waals surface area contributed by atoms with Crippen LogP contribution in [0.15, 0.2) is 47.8 Å². The molecule has 1 aromatic heterocycles. The second kappa shape index (κ2) is 10.9. The highest BCUT2D eigenvalue weighted by Gasteiger charge is 2.13. The van der Waals surface area contributed by atoms with Crippen molar-refractivity contribution in [3.05, 3.63) is 59.1 Å². The van der Waals surface area contributed by atoms with Gasteiger partial charge in [-0.25, -0.2) is 4.98 Å². The first kappa shape index (κ1) is 22.8. The largest absolute Gasteiger partial charge is 0.493 e. The Balaban J connectivity index is 1.61. The van der Waals surface area contributed by atoms with Gasteiger partial charge in [0.2, 0.25) is 5.91 Å². The third-order valence-corrected chi connectivity index (χ3v) is 5.72. The maximum atomic E-state index is 12.5. The van der Waals surface area contributed by atoms with Gasteiger partial charge in [-0.15, -0.1) is 11.3 Å². The lowest BCUT2D eigenvalue weighted by Gasteiger charge is -2.16. The van der Waals surface area contributed by atoms with E-state index in [0.717, 1.165) is 39.7 Å². The van der Waals surface area contributed by atoms with Gasteiger partial charge in [0, 0.05) is 23.2 Å². The number of likely N-dealkylation sites (N-methyl/N-ethyl adjacent to an activating group) is 1. The van der Waals surface area contributed by atoms with E-state index in [4.69, 9.17) is 14.5 Å². The van der Waals surface area contributed by atoms with Crippen LogP contribution in [-0.4, -0.2) is 43.1 Å². The fraction of sp³-hybridized carbons (Fsp3) is 0.333. The van der Waals surface area contributed by atoms with E-state index in [1.54, 1.807) is 18.4 Å². The fourth-order valence-corrected chi connectivity index (χ4v) is 4.11. The van der Waals surface area contributed by atoms with Crippen molar-refractivity contribution in [1.82, 2.24) is 9.88 Å². The molecule has 0 aliphatic carbocycles. The number of anilines is 1. The molecule has 1 N–H and O–H groups in total. The first-order valence-corrected chi connectivity index (χ1v) is 11.2. The number of methoxy groups -OCH3 is 1. The summed E-state index contributed by atoms with van der Waals surface area (Å²) in [5, 5.41) is 5.95. The van der Waals surface area contributed by atoms with Crippen LogP contribution in [0.25, 0.3) is 10.6 Å². The molecule has 0 bridgehead atoms. The Kier molecular flexibility index (Phi) is 8.03. The molecular formula is C24H29N3O3S. The number of ether oxygens (including phenoxy) is 2. The van der Waals surface area contributed by atoms with Crippen LogP contribution in [0, 0.1) is 0 Å². The molecule has 31 heavy (non-hydrogen) atoms. The Morgan fingerprint density at radius 2 is 1.97 bits per heavy atom. The van der Waals surface area contributed by atoms with E-state index in [-0.39, 0.29) is 5.91 Å². The number of nitrogens with zero attached hydrogens (tertiary/aromatic N) is 2. The fourth-order valence-electron chi connectivity index (χ4n) is 3.31. The second-order valence-corrected chi connectivity index (χ2v) is 8.03. The zero-order valence-corrected chi connectivity index (χ0v) is 19.3. The Morgan fingerprint density at radius 3 is 2.71 bits per heavy atom. The van der Waals surface area contributed by atoms with Gasteiger partial charge in [-0.1, -0.05) is 25.1 Å². The van der Waals surface area contributed by atoms with E-state index >= 15 is 0 Å². The molecule has 2 aromatic carbocycles. The number of benzene rings is 2. The van der Waals surface area contributed by atoms with E-state index in [0.29, 0.717) is 25.4 Å². The summed E-state index contributed by atoms with van der Waals surface area (Å²) in [6, 6.07) is 13.7. The van der Waals surface area contributed by atoms with Gasteiger partial charge in [-0.05, 0) is 50.2 Å². The van der Waals surface area contributed by atoms with Crippen molar-refractivity contribution in [2.45, 2.75) is 26.8 Å². The number of thiazole rings is 1. The molecule has 0 spiro atoms. The Morgan fingerprint density at radius 1 is 1.16 bits per heavy atom. The van der Waals surface area contributed by atoms with Crippen LogP contribution in [0.5, 0.6) is 11.5 Å². The maximum absolute atomic E-state index is 12.5. The Labute approximate surface area is 187 Å². The monoisotopic (exact) mass is 439 g/mol. The number of nitrogens with one attached hydrogen (secondary N) is 1. The SMILES string of the molecule is CCOc1ccc(-c2nc(CN(C)CC(=O)Nc3ccccc3CC)cs2)cc1OC. The number of amides is 1. The lowest BCUT2D eigenvalue weighted by molar-refractivity contribution is -0.117. The highest BCUT2D eigenvalue weighted by molar-refractivity contribution is 7.13. The van der Waals surface area contributed by atoms with E-state index in [2.05, 4.69) is 12.2 Å². The minimum Gasteiger partial charge on any atom is -0.493 e. The third kappa shape index (κ3) is 6.06. The van der Waals surface area contributed by atoms with Gasteiger partial charge in [0.1, 0.15) is 5.01 Å². The summed E-state index contributed by atoms with van der Waals surface area (Å²) in [6.07, 6.45) is 0.879. The predicted octanol–water partition coefficient (Wildman–Crippen LogP) is 4.85. The van der Waals surface area contributed by atoms with Crippen molar-refractivity contribution in [1.29, 1.82) is 0 Å². The lowest BCUT2D eigenvalue weighted by Crippen LogP contribution is -2.30. The molecule has 0 saturated heterocycles. The summed E-state index contributed by atoms with van der Waals surface area (Å²) >= 11 is 1.57. The van der Waals surface area contributed by atoms with Crippen LogP contribution < -0.4 is 14.8 Å². The number of aryl methyl sites for hydroxylation is 1. The molecule has 0 unspecified atom stereocenters. The van der Waals surface area contributed by atoms with Crippen molar-refractivity contribution in [3.8, 4) is 22.1 Å². The quantitative estimate of drug-likeness (QED) is 0.489. The average molecular weight is 440 g/mol. The minimum absolute atomic E-state index is 0.0323. The molecule has 164 valence electrons. The number of rotatable bonds is 10. The molecular weight excluding hydrogens is 410 g/mol. The summed E-state index contributed by atoms with van der Waals surface area (Å²) in [7, 11) is 3.55. The van der Waals surface area contributed by atoms with Crippen LogP contribution in [-0.2, 0) is 17.8 Å². The molecule has 0 atom stereocenters. The van der Waals surface area contributed by atoms with Crippen LogP contribution in [0.4, 0.5) is 5.69 Å². The second-order valence-electron chi connectivity index (χ2n) is 7.17. The number of carbonyl (C=O) groups is 1. The first-order chi connectivity index (χ1) is 15.0. The molecule has 1 amide bonds. The van der Waals surface area contributed by atoms with Crippen LogP contribution in [0.3, 0.4) is 0 Å². The predicted molar refractivity (Wildman–Crippen MR) is 126 cm³/mol. The topological polar surface area (TPSA) is 63.7 Å². The van der Waals surface area contributed by atoms with Gasteiger partial charge >= 0.3 is 0 Å². The molecule has 6 nitrogen and oxygen atoms in total. The zero-order valence-electron chi connectivity index (χ0n) is 18.5. The Bertz CT molecular complexity index is 1020. The highest BCUT2D eigenvalue weighted by Crippen LogP contribution is 2.33. The highest BCUT2D eigenvalue weighted by atomic mass is 32.1. The van der Waals surface area contributed by atoms with Crippen LogP contribution in [0.2, 0.25) is 0 Å².